The van der Waals surface area contributed by atoms with Crippen LogP contribution in [-0.2, 0) is 20.8 Å². The number of amides is 2. The molecule has 0 atom stereocenters. The average molecular weight is 290 g/mol. The number of carbonyl (C=O) groups is 2. The maximum Gasteiger partial charge on any atom is 0.254 e. The summed E-state index contributed by atoms with van der Waals surface area (Å²) in [4.78, 5) is 31.5. The molecule has 0 aromatic heterocycles. The number of hydrogen-bond donors (Lipinski definition) is 0. The third-order valence-electron chi connectivity index (χ3n) is 3.90. The zero-order chi connectivity index (χ0) is 14.8. The molecule has 0 unspecified atom stereocenters. The lowest BCUT2D eigenvalue weighted by molar-refractivity contribution is -0.125. The van der Waals surface area contributed by atoms with E-state index in [9.17, 15) is 9.59 Å². The summed E-state index contributed by atoms with van der Waals surface area (Å²) >= 11 is 0. The van der Waals surface area contributed by atoms with Crippen LogP contribution in [0, 0.1) is 0 Å². The number of benzene rings is 1. The quantitative estimate of drug-likeness (QED) is 0.815. The third kappa shape index (κ3) is 2.52. The smallest absolute Gasteiger partial charge is 0.254 e. The van der Waals surface area contributed by atoms with E-state index in [1.165, 1.54) is 12.2 Å². The van der Waals surface area contributed by atoms with Crippen LogP contribution in [0.3, 0.4) is 0 Å². The van der Waals surface area contributed by atoms with Gasteiger partial charge >= 0.3 is 0 Å². The molecule has 2 heterocycles. The average Bonchev–Trinajstić information content (AvgIpc) is 2.54. The third-order valence-corrected chi connectivity index (χ3v) is 3.90. The summed E-state index contributed by atoms with van der Waals surface area (Å²) in [5.74, 6) is -0.0819. The van der Waals surface area contributed by atoms with Gasteiger partial charge in [-0.25, -0.2) is 0 Å². The molecule has 1 aromatic rings. The van der Waals surface area contributed by atoms with Gasteiger partial charge in [0.15, 0.2) is 0 Å². The molecule has 112 valence electrons. The molecule has 0 radical (unpaired) electrons. The predicted molar refractivity (Wildman–Crippen MR) is 76.0 cm³/mol. The van der Waals surface area contributed by atoms with E-state index >= 15 is 0 Å². The van der Waals surface area contributed by atoms with Crippen LogP contribution in [-0.4, -0.2) is 50.1 Å². The molecule has 0 saturated carbocycles. The zero-order valence-electron chi connectivity index (χ0n) is 12.0. The Morgan fingerprint density at radius 1 is 1.24 bits per heavy atom. The van der Waals surface area contributed by atoms with E-state index in [0.717, 1.165) is 5.56 Å². The van der Waals surface area contributed by atoms with E-state index in [0.29, 0.717) is 50.4 Å². The van der Waals surface area contributed by atoms with Gasteiger partial charge < -0.3 is 9.64 Å². The minimum Gasteiger partial charge on any atom is -0.378 e. The van der Waals surface area contributed by atoms with Gasteiger partial charge in [-0.2, -0.15) is 5.06 Å². The standard InChI is InChI=1S/C15H18N2O4/c1-20-17-13-4-2-3-12(11(13)5-6-14(17)18)15(19)16-7-9-21-10-8-16/h2-4H,5-10H2,1H3. The van der Waals surface area contributed by atoms with Crippen molar-refractivity contribution in [2.24, 2.45) is 0 Å². The minimum absolute atomic E-state index is 0.000511. The topological polar surface area (TPSA) is 59.1 Å². The molecule has 6 nitrogen and oxygen atoms in total. The van der Waals surface area contributed by atoms with E-state index in [2.05, 4.69) is 0 Å². The first-order valence-electron chi connectivity index (χ1n) is 7.08. The van der Waals surface area contributed by atoms with E-state index in [1.807, 2.05) is 12.1 Å². The Hall–Kier alpha value is -1.92. The first kappa shape index (κ1) is 14.0. The molecule has 0 spiro atoms. The Bertz CT molecular complexity index is 567. The number of ether oxygens (including phenoxy) is 1. The van der Waals surface area contributed by atoms with Crippen LogP contribution in [0.4, 0.5) is 5.69 Å². The van der Waals surface area contributed by atoms with Crippen molar-refractivity contribution in [2.45, 2.75) is 12.8 Å². The van der Waals surface area contributed by atoms with Crippen molar-refractivity contribution in [3.8, 4) is 0 Å². The molecule has 2 aliphatic rings. The van der Waals surface area contributed by atoms with Gasteiger partial charge in [-0.1, -0.05) is 6.07 Å². The van der Waals surface area contributed by atoms with E-state index in [-0.39, 0.29) is 11.8 Å². The molecular formula is C15H18N2O4. The van der Waals surface area contributed by atoms with Crippen molar-refractivity contribution < 1.29 is 19.2 Å². The van der Waals surface area contributed by atoms with E-state index in [4.69, 9.17) is 9.57 Å². The van der Waals surface area contributed by atoms with Crippen molar-refractivity contribution in [2.75, 3.05) is 38.5 Å². The van der Waals surface area contributed by atoms with E-state index in [1.54, 1.807) is 11.0 Å². The molecule has 0 N–H and O–H groups in total. The predicted octanol–water partition coefficient (Wildman–Crippen LogP) is 1.000. The maximum atomic E-state index is 12.7. The molecule has 21 heavy (non-hydrogen) atoms. The Labute approximate surface area is 123 Å². The summed E-state index contributed by atoms with van der Waals surface area (Å²) in [5, 5.41) is 1.27. The summed E-state index contributed by atoms with van der Waals surface area (Å²) in [5.41, 5.74) is 2.22. The number of hydroxylamine groups is 1. The molecule has 3 rings (SSSR count). The summed E-state index contributed by atoms with van der Waals surface area (Å²) in [7, 11) is 1.46. The molecule has 2 amide bonds. The van der Waals surface area contributed by atoms with E-state index < -0.39 is 0 Å². The van der Waals surface area contributed by atoms with Crippen molar-refractivity contribution in [3.63, 3.8) is 0 Å². The number of nitrogens with zero attached hydrogens (tertiary/aromatic N) is 2. The van der Waals surface area contributed by atoms with Crippen molar-refractivity contribution >= 4 is 17.5 Å². The number of anilines is 1. The van der Waals surface area contributed by atoms with Crippen LogP contribution >= 0.6 is 0 Å². The second-order valence-electron chi connectivity index (χ2n) is 5.08. The van der Waals surface area contributed by atoms with Crippen LogP contribution in [0.2, 0.25) is 0 Å². The molecule has 2 aliphatic heterocycles. The highest BCUT2D eigenvalue weighted by Gasteiger charge is 2.29. The largest absolute Gasteiger partial charge is 0.378 e. The van der Waals surface area contributed by atoms with Crippen LogP contribution in [0.15, 0.2) is 18.2 Å². The van der Waals surface area contributed by atoms with Gasteiger partial charge in [-0.15, -0.1) is 0 Å². The van der Waals surface area contributed by atoms with Crippen LogP contribution in [0.25, 0.3) is 0 Å². The Kier molecular flexibility index (Phi) is 3.90. The molecule has 1 saturated heterocycles. The molecule has 6 heteroatoms. The van der Waals surface area contributed by atoms with Gasteiger partial charge in [0.25, 0.3) is 11.8 Å². The second kappa shape index (κ2) is 5.83. The fourth-order valence-electron chi connectivity index (χ4n) is 2.83. The second-order valence-corrected chi connectivity index (χ2v) is 5.08. The van der Waals surface area contributed by atoms with Gasteiger partial charge in [-0.3, -0.25) is 14.4 Å². The van der Waals surface area contributed by atoms with Gasteiger partial charge in [0.05, 0.1) is 26.0 Å². The Morgan fingerprint density at radius 2 is 2.00 bits per heavy atom. The van der Waals surface area contributed by atoms with Crippen molar-refractivity contribution in [1.82, 2.24) is 4.90 Å². The minimum atomic E-state index is -0.0824. The molecule has 1 aromatic carbocycles. The lowest BCUT2D eigenvalue weighted by Crippen LogP contribution is -2.42. The van der Waals surface area contributed by atoms with Crippen LogP contribution in [0.1, 0.15) is 22.3 Å². The number of fused-ring (bicyclic) bond motifs is 1. The maximum absolute atomic E-state index is 12.7. The zero-order valence-corrected chi connectivity index (χ0v) is 12.0. The summed E-state index contributed by atoms with van der Waals surface area (Å²) in [6, 6.07) is 5.42. The number of rotatable bonds is 2. The van der Waals surface area contributed by atoms with Crippen LogP contribution in [0.5, 0.6) is 0 Å². The van der Waals surface area contributed by atoms with Gasteiger partial charge in [0, 0.05) is 25.1 Å². The van der Waals surface area contributed by atoms with Crippen molar-refractivity contribution in [3.05, 3.63) is 29.3 Å². The monoisotopic (exact) mass is 290 g/mol. The molecular weight excluding hydrogens is 272 g/mol. The Balaban J connectivity index is 1.95. The first-order valence-corrected chi connectivity index (χ1v) is 7.08. The van der Waals surface area contributed by atoms with Crippen LogP contribution < -0.4 is 5.06 Å². The SMILES string of the molecule is CON1C(=O)CCc2c(C(=O)N3CCOCC3)cccc21. The molecule has 0 aliphatic carbocycles. The summed E-state index contributed by atoms with van der Waals surface area (Å²) < 4.78 is 5.28. The normalized spacial score (nSPS) is 18.6. The lowest BCUT2D eigenvalue weighted by atomic mass is 9.96. The number of hydrogen-bond acceptors (Lipinski definition) is 4. The van der Waals surface area contributed by atoms with Gasteiger partial charge in [0.2, 0.25) is 0 Å². The number of carbonyl (C=O) groups excluding carboxylic acids is 2. The van der Waals surface area contributed by atoms with Gasteiger partial charge in [-0.05, 0) is 24.1 Å². The van der Waals surface area contributed by atoms with Crippen molar-refractivity contribution in [1.29, 1.82) is 0 Å². The number of morpholine rings is 1. The first-order chi connectivity index (χ1) is 10.2. The highest BCUT2D eigenvalue weighted by Crippen LogP contribution is 2.31. The fourth-order valence-corrected chi connectivity index (χ4v) is 2.83. The lowest BCUT2D eigenvalue weighted by Gasteiger charge is -2.31. The Morgan fingerprint density at radius 3 is 2.71 bits per heavy atom. The molecule has 1 fully saturated rings. The fraction of sp³-hybridized carbons (Fsp3) is 0.467. The highest BCUT2D eigenvalue weighted by atomic mass is 16.7. The summed E-state index contributed by atoms with van der Waals surface area (Å²) in [6.45, 7) is 2.36. The van der Waals surface area contributed by atoms with Gasteiger partial charge in [0.1, 0.15) is 0 Å². The summed E-state index contributed by atoms with van der Waals surface area (Å²) in [6.07, 6.45) is 0.925. The molecule has 0 bridgehead atoms. The highest BCUT2D eigenvalue weighted by molar-refractivity contribution is 6.01.